The fourth-order valence-corrected chi connectivity index (χ4v) is 3.10. The van der Waals surface area contributed by atoms with E-state index in [1.54, 1.807) is 24.3 Å². The summed E-state index contributed by atoms with van der Waals surface area (Å²) in [5.41, 5.74) is 8.17. The summed E-state index contributed by atoms with van der Waals surface area (Å²) in [6, 6.07) is 11.7. The molecule has 0 unspecified atom stereocenters. The highest BCUT2D eigenvalue weighted by Crippen LogP contribution is 2.23. The molecule has 1 aliphatic rings. The molecular weight excluding hydrogens is 323 g/mol. The molecule has 1 fully saturated rings. The van der Waals surface area contributed by atoms with E-state index < -0.39 is 0 Å². The number of hydrogen-bond acceptors (Lipinski definition) is 5. The summed E-state index contributed by atoms with van der Waals surface area (Å²) < 4.78 is 13.0. The van der Waals surface area contributed by atoms with Crippen molar-refractivity contribution in [1.29, 1.82) is 0 Å². The molecule has 6 nitrogen and oxygen atoms in total. The van der Waals surface area contributed by atoms with Crippen LogP contribution in [0.4, 0.5) is 15.8 Å². The highest BCUT2D eigenvalue weighted by atomic mass is 19.1. The van der Waals surface area contributed by atoms with Gasteiger partial charge in [0, 0.05) is 56.6 Å². The van der Waals surface area contributed by atoms with Gasteiger partial charge < -0.3 is 10.6 Å². The lowest BCUT2D eigenvalue weighted by Crippen LogP contribution is -2.46. The summed E-state index contributed by atoms with van der Waals surface area (Å²) in [5.74, 6) is -0.240. The van der Waals surface area contributed by atoms with Crippen LogP contribution in [0.5, 0.6) is 0 Å². The van der Waals surface area contributed by atoms with Crippen LogP contribution in [0.2, 0.25) is 0 Å². The maximum Gasteiger partial charge on any atom is 0.274 e. The molecule has 25 heavy (non-hydrogen) atoms. The second-order valence-corrected chi connectivity index (χ2v) is 6.16. The molecule has 2 aromatic carbocycles. The molecule has 1 aliphatic heterocycles. The van der Waals surface area contributed by atoms with Gasteiger partial charge in [0.05, 0.1) is 4.92 Å². The SMILES string of the molecule is NCc1ccc(CN2CCN(c3ccc(F)cc3)CC2)c([N+](=O)[O-])c1. The standard InChI is InChI=1S/C18H21FN4O2/c19-16-3-5-17(6-4-16)22-9-7-21(8-10-22)13-15-2-1-14(12-20)11-18(15)23(24)25/h1-6,11H,7-10,12-13,20H2. The Morgan fingerprint density at radius 1 is 1.08 bits per heavy atom. The highest BCUT2D eigenvalue weighted by molar-refractivity contribution is 5.47. The molecule has 0 aliphatic carbocycles. The number of halogens is 1. The van der Waals surface area contributed by atoms with E-state index in [4.69, 9.17) is 5.73 Å². The summed E-state index contributed by atoms with van der Waals surface area (Å²) in [6.45, 7) is 4.04. The molecule has 2 aromatic rings. The third kappa shape index (κ3) is 4.12. The third-order valence-electron chi connectivity index (χ3n) is 4.54. The molecular formula is C18H21FN4O2. The zero-order valence-electron chi connectivity index (χ0n) is 13.9. The van der Waals surface area contributed by atoms with Gasteiger partial charge in [-0.05, 0) is 29.8 Å². The van der Waals surface area contributed by atoms with Gasteiger partial charge >= 0.3 is 0 Å². The molecule has 0 spiro atoms. The Balaban J connectivity index is 1.64. The van der Waals surface area contributed by atoms with E-state index in [1.807, 2.05) is 6.07 Å². The van der Waals surface area contributed by atoms with Crippen LogP contribution in [0.1, 0.15) is 11.1 Å². The van der Waals surface area contributed by atoms with E-state index >= 15 is 0 Å². The van der Waals surface area contributed by atoms with Crippen LogP contribution in [-0.4, -0.2) is 36.0 Å². The first-order valence-electron chi connectivity index (χ1n) is 8.26. The van der Waals surface area contributed by atoms with Crippen LogP contribution in [0.15, 0.2) is 42.5 Å². The molecule has 0 saturated carbocycles. The summed E-state index contributed by atoms with van der Waals surface area (Å²) in [4.78, 5) is 15.4. The number of anilines is 1. The summed E-state index contributed by atoms with van der Waals surface area (Å²) >= 11 is 0. The van der Waals surface area contributed by atoms with Crippen molar-refractivity contribution >= 4 is 11.4 Å². The van der Waals surface area contributed by atoms with Crippen molar-refractivity contribution in [3.05, 3.63) is 69.5 Å². The molecule has 2 N–H and O–H groups in total. The van der Waals surface area contributed by atoms with Crippen molar-refractivity contribution in [3.8, 4) is 0 Å². The van der Waals surface area contributed by atoms with Crippen LogP contribution in [0, 0.1) is 15.9 Å². The number of piperazine rings is 1. The lowest BCUT2D eigenvalue weighted by atomic mass is 10.1. The smallest absolute Gasteiger partial charge is 0.274 e. The molecule has 1 saturated heterocycles. The second kappa shape index (κ2) is 7.58. The first kappa shape index (κ1) is 17.3. The lowest BCUT2D eigenvalue weighted by Gasteiger charge is -2.36. The van der Waals surface area contributed by atoms with Crippen LogP contribution >= 0.6 is 0 Å². The van der Waals surface area contributed by atoms with Crippen LogP contribution < -0.4 is 10.6 Å². The average Bonchev–Trinajstić information content (AvgIpc) is 2.63. The van der Waals surface area contributed by atoms with E-state index in [-0.39, 0.29) is 23.0 Å². The molecule has 0 amide bonds. The van der Waals surface area contributed by atoms with Gasteiger partial charge in [-0.25, -0.2) is 4.39 Å². The van der Waals surface area contributed by atoms with Gasteiger partial charge in [-0.1, -0.05) is 12.1 Å². The van der Waals surface area contributed by atoms with Gasteiger partial charge in [-0.15, -0.1) is 0 Å². The van der Waals surface area contributed by atoms with Crippen LogP contribution in [0.25, 0.3) is 0 Å². The number of nitrogens with zero attached hydrogens (tertiary/aromatic N) is 3. The van der Waals surface area contributed by atoms with Crippen molar-refractivity contribution in [1.82, 2.24) is 4.90 Å². The summed E-state index contributed by atoms with van der Waals surface area (Å²) in [7, 11) is 0. The van der Waals surface area contributed by atoms with Gasteiger partial charge in [-0.3, -0.25) is 15.0 Å². The molecule has 7 heteroatoms. The maximum absolute atomic E-state index is 13.0. The van der Waals surface area contributed by atoms with Gasteiger partial charge in [0.25, 0.3) is 5.69 Å². The number of rotatable bonds is 5. The predicted octanol–water partition coefficient (Wildman–Crippen LogP) is 2.51. The van der Waals surface area contributed by atoms with Crippen molar-refractivity contribution in [3.63, 3.8) is 0 Å². The minimum atomic E-state index is -0.344. The molecule has 3 rings (SSSR count). The number of hydrogen-bond donors (Lipinski definition) is 1. The Labute approximate surface area is 145 Å². The summed E-state index contributed by atoms with van der Waals surface area (Å²) in [6.07, 6.45) is 0. The lowest BCUT2D eigenvalue weighted by molar-refractivity contribution is -0.385. The summed E-state index contributed by atoms with van der Waals surface area (Å²) in [5, 5.41) is 11.3. The van der Waals surface area contributed by atoms with E-state index in [2.05, 4.69) is 9.80 Å². The zero-order valence-corrected chi connectivity index (χ0v) is 13.9. The second-order valence-electron chi connectivity index (χ2n) is 6.16. The first-order valence-corrected chi connectivity index (χ1v) is 8.26. The number of nitro benzene ring substituents is 1. The van der Waals surface area contributed by atoms with Crippen LogP contribution in [0.3, 0.4) is 0 Å². The Bertz CT molecular complexity index is 743. The molecule has 0 bridgehead atoms. The highest BCUT2D eigenvalue weighted by Gasteiger charge is 2.21. The first-order chi connectivity index (χ1) is 12.1. The fourth-order valence-electron chi connectivity index (χ4n) is 3.10. The average molecular weight is 344 g/mol. The van der Waals surface area contributed by atoms with Crippen molar-refractivity contribution in [2.45, 2.75) is 13.1 Å². The number of benzene rings is 2. The fraction of sp³-hybridized carbons (Fsp3) is 0.333. The molecule has 132 valence electrons. The minimum Gasteiger partial charge on any atom is -0.369 e. The monoisotopic (exact) mass is 344 g/mol. The largest absolute Gasteiger partial charge is 0.369 e. The zero-order chi connectivity index (χ0) is 17.8. The molecule has 0 radical (unpaired) electrons. The van der Waals surface area contributed by atoms with E-state index in [0.717, 1.165) is 37.4 Å². The van der Waals surface area contributed by atoms with E-state index in [1.165, 1.54) is 12.1 Å². The van der Waals surface area contributed by atoms with Gasteiger partial charge in [-0.2, -0.15) is 0 Å². The van der Waals surface area contributed by atoms with E-state index in [9.17, 15) is 14.5 Å². The van der Waals surface area contributed by atoms with Crippen LogP contribution in [-0.2, 0) is 13.1 Å². The van der Waals surface area contributed by atoms with Crippen molar-refractivity contribution < 1.29 is 9.31 Å². The van der Waals surface area contributed by atoms with Gasteiger partial charge in [0.1, 0.15) is 5.82 Å². The Kier molecular flexibility index (Phi) is 5.25. The Morgan fingerprint density at radius 3 is 2.36 bits per heavy atom. The Morgan fingerprint density at radius 2 is 1.76 bits per heavy atom. The molecule has 1 heterocycles. The van der Waals surface area contributed by atoms with E-state index in [0.29, 0.717) is 12.1 Å². The van der Waals surface area contributed by atoms with Gasteiger partial charge in [0.2, 0.25) is 0 Å². The number of nitro groups is 1. The maximum atomic E-state index is 13.0. The number of nitrogens with two attached hydrogens (primary N) is 1. The molecule has 0 atom stereocenters. The Hall–Kier alpha value is -2.51. The van der Waals surface area contributed by atoms with Crippen molar-refractivity contribution in [2.75, 3.05) is 31.1 Å². The van der Waals surface area contributed by atoms with Crippen molar-refractivity contribution in [2.24, 2.45) is 5.73 Å². The third-order valence-corrected chi connectivity index (χ3v) is 4.54. The predicted molar refractivity (Wildman–Crippen MR) is 94.9 cm³/mol. The quantitative estimate of drug-likeness (QED) is 0.666. The molecule has 0 aromatic heterocycles. The van der Waals surface area contributed by atoms with Gasteiger partial charge in [0.15, 0.2) is 0 Å². The topological polar surface area (TPSA) is 75.6 Å². The normalized spacial score (nSPS) is 15.4. The minimum absolute atomic E-state index is 0.129.